The van der Waals surface area contributed by atoms with Crippen LogP contribution in [0.25, 0.3) is 0 Å². The molecule has 0 aliphatic rings. The van der Waals surface area contributed by atoms with E-state index in [1.807, 2.05) is 20.8 Å². The van der Waals surface area contributed by atoms with Gasteiger partial charge >= 0.3 is 0 Å². The highest BCUT2D eigenvalue weighted by Crippen LogP contribution is 1.96. The standard InChI is InChI=1S/C10H22N4O2.HI/c1-10(2,3)14-9(11)13-7-8(15)12-5-6-16-4;/h5-7H2,1-4H3,(H,12,15)(H3,11,13,14);1H. The number of nitrogens with one attached hydrogen (secondary N) is 2. The van der Waals surface area contributed by atoms with Crippen molar-refractivity contribution in [3.05, 3.63) is 0 Å². The fourth-order valence-corrected chi connectivity index (χ4v) is 0.929. The first-order valence-corrected chi connectivity index (χ1v) is 5.19. The molecule has 0 fully saturated rings. The maximum Gasteiger partial charge on any atom is 0.241 e. The van der Waals surface area contributed by atoms with Gasteiger partial charge in [-0.25, -0.2) is 4.99 Å². The summed E-state index contributed by atoms with van der Waals surface area (Å²) in [6, 6.07) is 0. The molecule has 4 N–H and O–H groups in total. The van der Waals surface area contributed by atoms with Crippen molar-refractivity contribution in [3.8, 4) is 0 Å². The van der Waals surface area contributed by atoms with Crippen LogP contribution in [0.1, 0.15) is 20.8 Å². The third kappa shape index (κ3) is 13.4. The van der Waals surface area contributed by atoms with Crippen LogP contribution < -0.4 is 16.4 Å². The van der Waals surface area contributed by atoms with Crippen LogP contribution in [0.2, 0.25) is 0 Å². The number of hydrogen-bond acceptors (Lipinski definition) is 3. The predicted octanol–water partition coefficient (Wildman–Crippen LogP) is 0.0698. The number of carbonyl (C=O) groups excluding carboxylic acids is 1. The Hall–Kier alpha value is -0.570. The van der Waals surface area contributed by atoms with Gasteiger partial charge in [0.1, 0.15) is 6.54 Å². The third-order valence-electron chi connectivity index (χ3n) is 1.52. The molecule has 0 radical (unpaired) electrons. The average molecular weight is 358 g/mol. The van der Waals surface area contributed by atoms with Gasteiger partial charge in [-0.05, 0) is 20.8 Å². The average Bonchev–Trinajstić information content (AvgIpc) is 2.12. The summed E-state index contributed by atoms with van der Waals surface area (Å²) >= 11 is 0. The van der Waals surface area contributed by atoms with E-state index in [0.717, 1.165) is 0 Å². The van der Waals surface area contributed by atoms with E-state index in [2.05, 4.69) is 15.6 Å². The molecule has 102 valence electrons. The second-order valence-corrected chi connectivity index (χ2v) is 4.42. The summed E-state index contributed by atoms with van der Waals surface area (Å²) < 4.78 is 4.80. The normalized spacial score (nSPS) is 11.6. The fraction of sp³-hybridized carbons (Fsp3) is 0.800. The van der Waals surface area contributed by atoms with Crippen molar-refractivity contribution in [2.75, 3.05) is 26.8 Å². The Balaban J connectivity index is 0. The summed E-state index contributed by atoms with van der Waals surface area (Å²) in [6.45, 7) is 6.90. The summed E-state index contributed by atoms with van der Waals surface area (Å²) in [5, 5.41) is 5.61. The van der Waals surface area contributed by atoms with Crippen molar-refractivity contribution in [1.29, 1.82) is 0 Å². The molecular weight excluding hydrogens is 335 g/mol. The van der Waals surface area contributed by atoms with Gasteiger partial charge in [0, 0.05) is 19.2 Å². The molecule has 0 rings (SSSR count). The SMILES string of the molecule is COCCNC(=O)CN=C(N)NC(C)(C)C.I. The van der Waals surface area contributed by atoms with Crippen LogP contribution in [0.4, 0.5) is 0 Å². The smallest absolute Gasteiger partial charge is 0.241 e. The van der Waals surface area contributed by atoms with Crippen LogP contribution >= 0.6 is 24.0 Å². The molecule has 17 heavy (non-hydrogen) atoms. The number of aliphatic imine (C=N–C) groups is 1. The first-order chi connectivity index (χ1) is 7.35. The van der Waals surface area contributed by atoms with Crippen LogP contribution in [0.5, 0.6) is 0 Å². The van der Waals surface area contributed by atoms with Crippen LogP contribution in [-0.4, -0.2) is 44.2 Å². The minimum absolute atomic E-state index is 0. The van der Waals surface area contributed by atoms with Gasteiger partial charge in [-0.1, -0.05) is 0 Å². The summed E-state index contributed by atoms with van der Waals surface area (Å²) in [5.74, 6) is 0.102. The molecule has 0 saturated carbocycles. The molecule has 0 aliphatic carbocycles. The van der Waals surface area contributed by atoms with Gasteiger partial charge in [-0.3, -0.25) is 4.79 Å². The first-order valence-electron chi connectivity index (χ1n) is 5.19. The molecule has 0 unspecified atom stereocenters. The van der Waals surface area contributed by atoms with Crippen LogP contribution in [0.15, 0.2) is 4.99 Å². The van der Waals surface area contributed by atoms with Gasteiger partial charge in [-0.15, -0.1) is 24.0 Å². The summed E-state index contributed by atoms with van der Waals surface area (Å²) in [7, 11) is 1.58. The number of amides is 1. The van der Waals surface area contributed by atoms with Gasteiger partial charge in [0.15, 0.2) is 5.96 Å². The summed E-state index contributed by atoms with van der Waals surface area (Å²) in [5.41, 5.74) is 5.44. The highest BCUT2D eigenvalue weighted by Gasteiger charge is 2.09. The zero-order valence-corrected chi connectivity index (χ0v) is 13.2. The number of ether oxygens (including phenoxy) is 1. The lowest BCUT2D eigenvalue weighted by Gasteiger charge is -2.20. The van der Waals surface area contributed by atoms with Gasteiger partial charge in [0.25, 0.3) is 0 Å². The largest absolute Gasteiger partial charge is 0.383 e. The fourth-order valence-electron chi connectivity index (χ4n) is 0.929. The summed E-state index contributed by atoms with van der Waals surface area (Å²) in [4.78, 5) is 15.1. The van der Waals surface area contributed by atoms with Crippen LogP contribution in [0, 0.1) is 0 Å². The maximum absolute atomic E-state index is 11.2. The quantitative estimate of drug-likeness (QED) is 0.281. The van der Waals surface area contributed by atoms with Crippen molar-refractivity contribution in [2.45, 2.75) is 26.3 Å². The van der Waals surface area contributed by atoms with Crippen LogP contribution in [-0.2, 0) is 9.53 Å². The number of nitrogens with two attached hydrogens (primary N) is 1. The Bertz CT molecular complexity index is 251. The van der Waals surface area contributed by atoms with Gasteiger partial charge < -0.3 is 21.1 Å². The Morgan fingerprint density at radius 1 is 1.41 bits per heavy atom. The van der Waals surface area contributed by atoms with E-state index < -0.39 is 0 Å². The predicted molar refractivity (Wildman–Crippen MR) is 79.7 cm³/mol. The van der Waals surface area contributed by atoms with Crippen molar-refractivity contribution in [1.82, 2.24) is 10.6 Å². The van der Waals surface area contributed by atoms with E-state index in [1.165, 1.54) is 0 Å². The van der Waals surface area contributed by atoms with Crippen molar-refractivity contribution >= 4 is 35.8 Å². The molecule has 0 atom stereocenters. The van der Waals surface area contributed by atoms with E-state index >= 15 is 0 Å². The second-order valence-electron chi connectivity index (χ2n) is 4.42. The minimum atomic E-state index is -0.171. The molecule has 6 nitrogen and oxygen atoms in total. The highest BCUT2D eigenvalue weighted by atomic mass is 127. The van der Waals surface area contributed by atoms with Crippen molar-refractivity contribution < 1.29 is 9.53 Å². The van der Waals surface area contributed by atoms with Crippen molar-refractivity contribution in [2.24, 2.45) is 10.7 Å². The molecular formula is C10H23IN4O2. The molecule has 0 spiro atoms. The molecule has 0 saturated heterocycles. The topological polar surface area (TPSA) is 88.7 Å². The minimum Gasteiger partial charge on any atom is -0.383 e. The molecule has 0 bridgehead atoms. The number of halogens is 1. The Morgan fingerprint density at radius 2 is 2.00 bits per heavy atom. The number of carbonyl (C=O) groups is 1. The second kappa shape index (κ2) is 9.46. The zero-order chi connectivity index (χ0) is 12.6. The van der Waals surface area contributed by atoms with Gasteiger partial charge in [0.2, 0.25) is 5.91 Å². The van der Waals surface area contributed by atoms with Gasteiger partial charge in [0.05, 0.1) is 6.61 Å². The Morgan fingerprint density at radius 3 is 2.47 bits per heavy atom. The molecule has 1 amide bonds. The number of guanidine groups is 1. The lowest BCUT2D eigenvalue weighted by atomic mass is 10.1. The van der Waals surface area contributed by atoms with Crippen LogP contribution in [0.3, 0.4) is 0 Å². The molecule has 0 aliphatic heterocycles. The van der Waals surface area contributed by atoms with Gasteiger partial charge in [-0.2, -0.15) is 0 Å². The number of rotatable bonds is 5. The van der Waals surface area contributed by atoms with E-state index in [4.69, 9.17) is 10.5 Å². The zero-order valence-electron chi connectivity index (χ0n) is 10.9. The highest BCUT2D eigenvalue weighted by molar-refractivity contribution is 14.0. The van der Waals surface area contributed by atoms with E-state index in [0.29, 0.717) is 13.2 Å². The lowest BCUT2D eigenvalue weighted by Crippen LogP contribution is -2.45. The van der Waals surface area contributed by atoms with Crippen molar-refractivity contribution in [3.63, 3.8) is 0 Å². The molecule has 0 aromatic carbocycles. The number of nitrogens with zero attached hydrogens (tertiary/aromatic N) is 1. The van der Waals surface area contributed by atoms with E-state index in [-0.39, 0.29) is 47.9 Å². The maximum atomic E-state index is 11.2. The molecule has 0 aromatic heterocycles. The first kappa shape index (κ1) is 18.8. The number of hydrogen-bond donors (Lipinski definition) is 3. The monoisotopic (exact) mass is 358 g/mol. The molecule has 0 heterocycles. The van der Waals surface area contributed by atoms with E-state index in [1.54, 1.807) is 7.11 Å². The molecule has 7 heteroatoms. The summed E-state index contributed by atoms with van der Waals surface area (Å²) in [6.07, 6.45) is 0. The Kier molecular flexibility index (Phi) is 10.5. The lowest BCUT2D eigenvalue weighted by molar-refractivity contribution is -0.119. The Labute approximate surface area is 120 Å². The number of methoxy groups -OCH3 is 1. The third-order valence-corrected chi connectivity index (χ3v) is 1.52. The molecule has 0 aromatic rings. The van der Waals surface area contributed by atoms with E-state index in [9.17, 15) is 4.79 Å².